The molecular formula is C18H28Cl2N4O. The molecule has 0 aromatic heterocycles. The summed E-state index contributed by atoms with van der Waals surface area (Å²) in [7, 11) is 5.59. The van der Waals surface area contributed by atoms with Crippen LogP contribution in [0.25, 0.3) is 0 Å². The predicted octanol–water partition coefficient (Wildman–Crippen LogP) is 2.34. The zero-order valence-corrected chi connectivity index (χ0v) is 16.7. The largest absolute Gasteiger partial charge is 0.369 e. The lowest BCUT2D eigenvalue weighted by atomic mass is 9.97. The maximum absolute atomic E-state index is 12.1. The van der Waals surface area contributed by atoms with E-state index in [1.165, 1.54) is 12.8 Å². The van der Waals surface area contributed by atoms with Gasteiger partial charge in [-0.1, -0.05) is 11.6 Å². The third-order valence-corrected chi connectivity index (χ3v) is 5.57. The molecule has 1 aromatic carbocycles. The molecule has 2 saturated heterocycles. The van der Waals surface area contributed by atoms with E-state index in [0.29, 0.717) is 16.6 Å². The van der Waals surface area contributed by atoms with Crippen LogP contribution in [-0.4, -0.2) is 75.1 Å². The van der Waals surface area contributed by atoms with Crippen molar-refractivity contribution in [3.05, 3.63) is 28.8 Å². The third-order valence-electron chi connectivity index (χ3n) is 5.26. The molecule has 2 heterocycles. The lowest BCUT2D eigenvalue weighted by molar-refractivity contribution is 0.0734. The normalized spacial score (nSPS) is 19.0. The molecule has 0 radical (unpaired) electrons. The number of piperidine rings is 1. The Morgan fingerprint density at radius 1 is 1.20 bits per heavy atom. The van der Waals surface area contributed by atoms with Gasteiger partial charge in [-0.3, -0.25) is 9.69 Å². The van der Waals surface area contributed by atoms with E-state index in [4.69, 9.17) is 11.6 Å². The first-order chi connectivity index (χ1) is 11.5. The first kappa shape index (κ1) is 20.3. The van der Waals surface area contributed by atoms with Gasteiger partial charge >= 0.3 is 0 Å². The topological polar surface area (TPSA) is 38.8 Å². The van der Waals surface area contributed by atoms with Crippen LogP contribution in [0, 0.1) is 0 Å². The van der Waals surface area contributed by atoms with Crippen molar-refractivity contribution in [1.82, 2.24) is 15.1 Å². The van der Waals surface area contributed by atoms with Gasteiger partial charge in [0.05, 0.1) is 16.6 Å². The maximum Gasteiger partial charge on any atom is 0.254 e. The molecule has 25 heavy (non-hydrogen) atoms. The summed E-state index contributed by atoms with van der Waals surface area (Å²) < 4.78 is 0. The van der Waals surface area contributed by atoms with E-state index in [0.717, 1.165) is 37.9 Å². The highest BCUT2D eigenvalue weighted by Crippen LogP contribution is 2.29. The fourth-order valence-corrected chi connectivity index (χ4v) is 3.81. The number of hydrogen-bond donors (Lipinski definition) is 1. The minimum absolute atomic E-state index is 0. The molecular weight excluding hydrogens is 359 g/mol. The minimum Gasteiger partial charge on any atom is -0.369 e. The average Bonchev–Trinajstić information content (AvgIpc) is 2.53. The minimum atomic E-state index is -0.0602. The molecule has 140 valence electrons. The van der Waals surface area contributed by atoms with Crippen molar-refractivity contribution >= 4 is 35.6 Å². The molecule has 7 heteroatoms. The van der Waals surface area contributed by atoms with Crippen LogP contribution in [0.2, 0.25) is 5.02 Å². The lowest BCUT2D eigenvalue weighted by Gasteiger charge is -2.49. The maximum atomic E-state index is 12.1. The summed E-state index contributed by atoms with van der Waals surface area (Å²) in [6, 6.07) is 6.99. The summed E-state index contributed by atoms with van der Waals surface area (Å²) in [5.41, 5.74) is 1.63. The number of benzene rings is 1. The standard InChI is InChI=1S/C18H27ClN4O.ClH/c1-21(2)18(24)16-5-4-14(10-17(16)19)22(3)15-11-23(12-15)13-6-8-20-9-7-13;/h4-5,10,13,15,20H,6-9,11-12H2,1-3H3;1H. The quantitative estimate of drug-likeness (QED) is 0.861. The molecule has 1 N–H and O–H groups in total. The molecule has 0 spiro atoms. The number of carbonyl (C=O) groups excluding carboxylic acids is 1. The van der Waals surface area contributed by atoms with E-state index in [1.54, 1.807) is 19.0 Å². The van der Waals surface area contributed by atoms with Gasteiger partial charge in [-0.2, -0.15) is 0 Å². The fraction of sp³-hybridized carbons (Fsp3) is 0.611. The Bertz CT molecular complexity index is 599. The van der Waals surface area contributed by atoms with Gasteiger partial charge in [0, 0.05) is 46.0 Å². The van der Waals surface area contributed by atoms with E-state index in [9.17, 15) is 4.79 Å². The van der Waals surface area contributed by atoms with Crippen molar-refractivity contribution in [1.29, 1.82) is 0 Å². The summed E-state index contributed by atoms with van der Waals surface area (Å²) >= 11 is 6.34. The Morgan fingerprint density at radius 2 is 1.84 bits per heavy atom. The summed E-state index contributed by atoms with van der Waals surface area (Å²) in [6.45, 7) is 4.49. The molecule has 0 atom stereocenters. The molecule has 1 amide bonds. The third kappa shape index (κ3) is 4.40. The molecule has 2 aliphatic heterocycles. The molecule has 0 aliphatic carbocycles. The zero-order valence-electron chi connectivity index (χ0n) is 15.2. The molecule has 2 aliphatic rings. The Hall–Kier alpha value is -1.01. The molecule has 0 bridgehead atoms. The van der Waals surface area contributed by atoms with Crippen molar-refractivity contribution in [2.45, 2.75) is 24.9 Å². The number of likely N-dealkylation sites (N-methyl/N-ethyl adjacent to an activating group) is 1. The van der Waals surface area contributed by atoms with Crippen LogP contribution in [-0.2, 0) is 0 Å². The monoisotopic (exact) mass is 386 g/mol. The smallest absolute Gasteiger partial charge is 0.254 e. The van der Waals surface area contributed by atoms with Crippen LogP contribution in [0.15, 0.2) is 18.2 Å². The van der Waals surface area contributed by atoms with Crippen LogP contribution in [0.5, 0.6) is 0 Å². The Kier molecular flexibility index (Phi) is 6.97. The Morgan fingerprint density at radius 3 is 2.40 bits per heavy atom. The van der Waals surface area contributed by atoms with E-state index in [-0.39, 0.29) is 18.3 Å². The second-order valence-electron chi connectivity index (χ2n) is 7.06. The molecule has 3 rings (SSSR count). The van der Waals surface area contributed by atoms with Crippen molar-refractivity contribution < 1.29 is 4.79 Å². The number of halogens is 2. The van der Waals surface area contributed by atoms with Crippen molar-refractivity contribution in [2.24, 2.45) is 0 Å². The van der Waals surface area contributed by atoms with E-state index in [1.807, 2.05) is 18.2 Å². The van der Waals surface area contributed by atoms with Crippen molar-refractivity contribution in [3.63, 3.8) is 0 Å². The zero-order chi connectivity index (χ0) is 17.3. The highest BCUT2D eigenvalue weighted by molar-refractivity contribution is 6.34. The van der Waals surface area contributed by atoms with Gasteiger partial charge in [0.1, 0.15) is 0 Å². The summed E-state index contributed by atoms with van der Waals surface area (Å²) in [6.07, 6.45) is 2.51. The van der Waals surface area contributed by atoms with Gasteiger partial charge in [0.25, 0.3) is 5.91 Å². The second-order valence-corrected chi connectivity index (χ2v) is 7.47. The van der Waals surface area contributed by atoms with E-state index >= 15 is 0 Å². The SMILES string of the molecule is CN(C)C(=O)c1ccc(N(C)C2CN(C3CCNCC3)C2)cc1Cl.Cl. The summed E-state index contributed by atoms with van der Waals surface area (Å²) in [5, 5.41) is 3.94. The first-order valence-electron chi connectivity index (χ1n) is 8.66. The number of nitrogens with one attached hydrogen (secondary N) is 1. The van der Waals surface area contributed by atoms with Crippen LogP contribution < -0.4 is 10.2 Å². The lowest BCUT2D eigenvalue weighted by Crippen LogP contribution is -2.62. The number of likely N-dealkylation sites (tertiary alicyclic amines) is 1. The fourth-order valence-electron chi connectivity index (χ4n) is 3.55. The van der Waals surface area contributed by atoms with E-state index < -0.39 is 0 Å². The van der Waals surface area contributed by atoms with Crippen LogP contribution in [0.4, 0.5) is 5.69 Å². The number of carbonyl (C=O) groups is 1. The van der Waals surface area contributed by atoms with Gasteiger partial charge in [-0.25, -0.2) is 0 Å². The Balaban J connectivity index is 0.00000225. The molecule has 0 saturated carbocycles. The average molecular weight is 387 g/mol. The number of rotatable bonds is 4. The van der Waals surface area contributed by atoms with Gasteiger partial charge < -0.3 is 15.1 Å². The Labute approximate surface area is 161 Å². The number of hydrogen-bond acceptors (Lipinski definition) is 4. The first-order valence-corrected chi connectivity index (χ1v) is 9.04. The van der Waals surface area contributed by atoms with Crippen LogP contribution in [0.1, 0.15) is 23.2 Å². The highest BCUT2D eigenvalue weighted by Gasteiger charge is 2.35. The number of amides is 1. The van der Waals surface area contributed by atoms with Gasteiger partial charge in [-0.15, -0.1) is 12.4 Å². The molecule has 2 fully saturated rings. The molecule has 0 unspecified atom stereocenters. The van der Waals surface area contributed by atoms with Crippen molar-refractivity contribution in [2.75, 3.05) is 52.2 Å². The summed E-state index contributed by atoms with van der Waals surface area (Å²) in [4.78, 5) is 18.5. The second kappa shape index (κ2) is 8.58. The molecule has 1 aromatic rings. The highest BCUT2D eigenvalue weighted by atomic mass is 35.5. The molecule has 5 nitrogen and oxygen atoms in total. The number of anilines is 1. The predicted molar refractivity (Wildman–Crippen MR) is 106 cm³/mol. The van der Waals surface area contributed by atoms with E-state index in [2.05, 4.69) is 22.2 Å². The van der Waals surface area contributed by atoms with Crippen LogP contribution >= 0.6 is 24.0 Å². The number of nitrogens with zero attached hydrogens (tertiary/aromatic N) is 3. The van der Waals surface area contributed by atoms with Gasteiger partial charge in [0.2, 0.25) is 0 Å². The van der Waals surface area contributed by atoms with Gasteiger partial charge in [-0.05, 0) is 44.1 Å². The summed E-state index contributed by atoms with van der Waals surface area (Å²) in [5.74, 6) is -0.0602. The van der Waals surface area contributed by atoms with Crippen LogP contribution in [0.3, 0.4) is 0 Å². The van der Waals surface area contributed by atoms with Gasteiger partial charge in [0.15, 0.2) is 0 Å². The van der Waals surface area contributed by atoms with Crippen molar-refractivity contribution in [3.8, 4) is 0 Å².